The van der Waals surface area contributed by atoms with Crippen LogP contribution in [0.1, 0.15) is 17.3 Å². The number of nitrogens with zero attached hydrogens (tertiary/aromatic N) is 5. The standard InChI is InChI=1S/C9H9N7O3S/c1-2-10-7-3-5(6(4-11-7)16(18)19)8(17)12-9-13-14-15-20-9/h3-4H,2H2,1H3,(H,10,11)(H,12,13,15,17). The fourth-order valence-corrected chi connectivity index (χ4v) is 1.76. The van der Waals surface area contributed by atoms with Gasteiger partial charge in [0.25, 0.3) is 11.6 Å². The van der Waals surface area contributed by atoms with Gasteiger partial charge in [-0.2, -0.15) is 0 Å². The molecule has 1 amide bonds. The Kier molecular flexibility index (Phi) is 4.10. The van der Waals surface area contributed by atoms with Gasteiger partial charge in [0.1, 0.15) is 17.6 Å². The summed E-state index contributed by atoms with van der Waals surface area (Å²) >= 11 is 0.869. The second kappa shape index (κ2) is 5.97. The van der Waals surface area contributed by atoms with Crippen LogP contribution in [0, 0.1) is 10.1 Å². The summed E-state index contributed by atoms with van der Waals surface area (Å²) in [4.78, 5) is 26.1. The molecular formula is C9H9N7O3S. The maximum atomic E-state index is 12.0. The Morgan fingerprint density at radius 2 is 2.35 bits per heavy atom. The number of aromatic nitrogens is 4. The molecule has 11 heteroatoms. The summed E-state index contributed by atoms with van der Waals surface area (Å²) in [6, 6.07) is 1.31. The molecule has 20 heavy (non-hydrogen) atoms. The predicted molar refractivity (Wildman–Crippen MR) is 70.7 cm³/mol. The van der Waals surface area contributed by atoms with E-state index in [1.54, 1.807) is 0 Å². The number of pyridine rings is 1. The zero-order chi connectivity index (χ0) is 14.5. The molecule has 0 saturated heterocycles. The predicted octanol–water partition coefficient (Wildman–Crippen LogP) is 0.920. The van der Waals surface area contributed by atoms with E-state index in [2.05, 4.69) is 30.4 Å². The SMILES string of the molecule is CCNc1cc(C(=O)Nc2nnns2)c([N+](=O)[O-])cn1. The van der Waals surface area contributed by atoms with Crippen molar-refractivity contribution in [2.45, 2.75) is 6.92 Å². The van der Waals surface area contributed by atoms with Gasteiger partial charge in [0, 0.05) is 24.1 Å². The van der Waals surface area contributed by atoms with Gasteiger partial charge in [-0.25, -0.2) is 4.98 Å². The van der Waals surface area contributed by atoms with Crippen LogP contribution < -0.4 is 10.6 Å². The quantitative estimate of drug-likeness (QED) is 0.613. The van der Waals surface area contributed by atoms with E-state index in [1.165, 1.54) is 6.07 Å². The van der Waals surface area contributed by atoms with Crippen molar-refractivity contribution < 1.29 is 9.72 Å². The van der Waals surface area contributed by atoms with Crippen LogP contribution >= 0.6 is 11.5 Å². The second-order valence-corrected chi connectivity index (χ2v) is 4.23. The van der Waals surface area contributed by atoms with Gasteiger partial charge in [0.05, 0.1) is 4.92 Å². The highest BCUT2D eigenvalue weighted by Crippen LogP contribution is 2.21. The topological polar surface area (TPSA) is 136 Å². The minimum atomic E-state index is -0.671. The molecule has 2 heterocycles. The largest absolute Gasteiger partial charge is 0.370 e. The highest BCUT2D eigenvalue weighted by molar-refractivity contribution is 7.09. The molecule has 10 nitrogen and oxygen atoms in total. The number of nitrogens with one attached hydrogen (secondary N) is 2. The maximum Gasteiger partial charge on any atom is 0.300 e. The number of carbonyl (C=O) groups is 1. The third kappa shape index (κ3) is 3.00. The number of nitro groups is 1. The van der Waals surface area contributed by atoms with Gasteiger partial charge in [-0.1, -0.05) is 9.59 Å². The summed E-state index contributed by atoms with van der Waals surface area (Å²) in [5, 5.41) is 23.2. The third-order valence-electron chi connectivity index (χ3n) is 2.20. The lowest BCUT2D eigenvalue weighted by Gasteiger charge is -2.06. The molecule has 2 rings (SSSR count). The zero-order valence-corrected chi connectivity index (χ0v) is 11.0. The Labute approximate surface area is 116 Å². The lowest BCUT2D eigenvalue weighted by molar-refractivity contribution is -0.385. The number of amides is 1. The molecule has 104 valence electrons. The van der Waals surface area contributed by atoms with Crippen LogP contribution in [-0.4, -0.2) is 37.2 Å². The summed E-state index contributed by atoms with van der Waals surface area (Å²) in [5.41, 5.74) is -0.502. The molecule has 0 aliphatic heterocycles. The first-order chi connectivity index (χ1) is 9.61. The van der Waals surface area contributed by atoms with E-state index >= 15 is 0 Å². The molecule has 0 fully saturated rings. The number of hydrogen-bond acceptors (Lipinski definition) is 9. The molecule has 0 spiro atoms. The normalized spacial score (nSPS) is 10.1. The average Bonchev–Trinajstić information content (AvgIpc) is 2.91. The van der Waals surface area contributed by atoms with Crippen molar-refractivity contribution in [3.05, 3.63) is 27.9 Å². The minimum absolute atomic E-state index is 0.115. The number of rotatable bonds is 5. The van der Waals surface area contributed by atoms with Crippen molar-refractivity contribution >= 4 is 34.1 Å². The van der Waals surface area contributed by atoms with Crippen molar-refractivity contribution in [1.29, 1.82) is 0 Å². The molecule has 0 aliphatic carbocycles. The molecule has 0 unspecified atom stereocenters. The van der Waals surface area contributed by atoms with Gasteiger partial charge in [-0.3, -0.25) is 20.2 Å². The molecule has 2 aromatic rings. The van der Waals surface area contributed by atoms with Crippen molar-refractivity contribution in [3.8, 4) is 0 Å². The Balaban J connectivity index is 2.33. The first-order valence-corrected chi connectivity index (χ1v) is 6.24. The Morgan fingerprint density at radius 1 is 1.55 bits per heavy atom. The Hall–Kier alpha value is -2.69. The average molecular weight is 295 g/mol. The monoisotopic (exact) mass is 295 g/mol. The van der Waals surface area contributed by atoms with E-state index in [1.807, 2.05) is 6.92 Å². The second-order valence-electron chi connectivity index (χ2n) is 3.50. The summed E-state index contributed by atoms with van der Waals surface area (Å²) in [6.07, 6.45) is 1.03. The number of carbonyl (C=O) groups excluding carboxylic acids is 1. The van der Waals surface area contributed by atoms with Gasteiger partial charge < -0.3 is 5.32 Å². The van der Waals surface area contributed by atoms with E-state index in [-0.39, 0.29) is 16.4 Å². The van der Waals surface area contributed by atoms with Gasteiger partial charge in [0.2, 0.25) is 5.13 Å². The van der Waals surface area contributed by atoms with Crippen molar-refractivity contribution in [2.75, 3.05) is 17.2 Å². The van der Waals surface area contributed by atoms with Gasteiger partial charge in [-0.15, -0.1) is 0 Å². The summed E-state index contributed by atoms with van der Waals surface area (Å²) in [7, 11) is 0. The first-order valence-electron chi connectivity index (χ1n) is 5.46. The van der Waals surface area contributed by atoms with Crippen LogP contribution in [0.4, 0.5) is 16.6 Å². The highest BCUT2D eigenvalue weighted by atomic mass is 32.1. The van der Waals surface area contributed by atoms with E-state index < -0.39 is 10.8 Å². The fraction of sp³-hybridized carbons (Fsp3) is 0.222. The van der Waals surface area contributed by atoms with Crippen LogP contribution in [0.25, 0.3) is 0 Å². The molecule has 0 aromatic carbocycles. The molecule has 2 N–H and O–H groups in total. The summed E-state index contributed by atoms with van der Waals surface area (Å²) < 4.78 is 3.48. The fourth-order valence-electron chi connectivity index (χ4n) is 1.40. The smallest absolute Gasteiger partial charge is 0.300 e. The molecular weight excluding hydrogens is 286 g/mol. The molecule has 2 aromatic heterocycles. The van der Waals surface area contributed by atoms with Crippen LogP contribution in [-0.2, 0) is 0 Å². The van der Waals surface area contributed by atoms with E-state index in [0.717, 1.165) is 17.7 Å². The van der Waals surface area contributed by atoms with E-state index in [9.17, 15) is 14.9 Å². The van der Waals surface area contributed by atoms with Crippen LogP contribution in [0.5, 0.6) is 0 Å². The Morgan fingerprint density at radius 3 is 2.95 bits per heavy atom. The maximum absolute atomic E-state index is 12.0. The first kappa shape index (κ1) is 13.7. The molecule has 0 atom stereocenters. The van der Waals surface area contributed by atoms with Gasteiger partial charge >= 0.3 is 0 Å². The minimum Gasteiger partial charge on any atom is -0.370 e. The van der Waals surface area contributed by atoms with Crippen LogP contribution in [0.15, 0.2) is 12.3 Å². The molecule has 0 radical (unpaired) electrons. The van der Waals surface area contributed by atoms with E-state index in [0.29, 0.717) is 12.4 Å². The lowest BCUT2D eigenvalue weighted by atomic mass is 10.2. The summed E-state index contributed by atoms with van der Waals surface area (Å²) in [5.74, 6) is -0.296. The zero-order valence-electron chi connectivity index (χ0n) is 10.2. The lowest BCUT2D eigenvalue weighted by Crippen LogP contribution is -2.15. The Bertz CT molecular complexity index is 630. The molecule has 0 aliphatic rings. The van der Waals surface area contributed by atoms with Gasteiger partial charge in [-0.05, 0) is 12.1 Å². The molecule has 0 saturated carbocycles. The summed E-state index contributed by atoms with van der Waals surface area (Å²) in [6.45, 7) is 2.42. The van der Waals surface area contributed by atoms with Crippen molar-refractivity contribution in [2.24, 2.45) is 0 Å². The van der Waals surface area contributed by atoms with Gasteiger partial charge in [0.15, 0.2) is 0 Å². The third-order valence-corrected chi connectivity index (χ3v) is 2.71. The number of hydrogen-bond donors (Lipinski definition) is 2. The molecule has 0 bridgehead atoms. The van der Waals surface area contributed by atoms with Crippen molar-refractivity contribution in [1.82, 2.24) is 19.8 Å². The van der Waals surface area contributed by atoms with Crippen LogP contribution in [0.2, 0.25) is 0 Å². The highest BCUT2D eigenvalue weighted by Gasteiger charge is 2.22. The van der Waals surface area contributed by atoms with E-state index in [4.69, 9.17) is 0 Å². The number of anilines is 2. The van der Waals surface area contributed by atoms with Crippen LogP contribution in [0.3, 0.4) is 0 Å². The van der Waals surface area contributed by atoms with Crippen molar-refractivity contribution in [3.63, 3.8) is 0 Å².